The average Bonchev–Trinajstić information content (AvgIpc) is 2.68. The molecule has 0 radical (unpaired) electrons. The molecule has 1 heterocycles. The fourth-order valence-corrected chi connectivity index (χ4v) is 3.22. The first-order chi connectivity index (χ1) is 11.7. The van der Waals surface area contributed by atoms with Crippen LogP contribution in [0.2, 0.25) is 0 Å². The van der Waals surface area contributed by atoms with Gasteiger partial charge in [0, 0.05) is 43.5 Å². The van der Waals surface area contributed by atoms with Crippen molar-refractivity contribution < 1.29 is 9.53 Å². The number of methoxy groups -OCH3 is 1. The van der Waals surface area contributed by atoms with Gasteiger partial charge in [0.15, 0.2) is 0 Å². The highest BCUT2D eigenvalue weighted by atomic mass is 16.5. The minimum Gasteiger partial charge on any atom is -0.497 e. The van der Waals surface area contributed by atoms with Crippen LogP contribution < -0.4 is 9.64 Å². The van der Waals surface area contributed by atoms with Gasteiger partial charge in [0.1, 0.15) is 12.0 Å². The summed E-state index contributed by atoms with van der Waals surface area (Å²) in [6.45, 7) is 6.32. The standard InChI is InChI=1S/C20H24N2O2/c1-16(18-5-9-20(24-2)10-6-18)21-11-13-22(14-12-21)19-7-3-17(15-23)4-8-19/h3-10,15-16H,11-14H2,1-2H3/t16-/m1/s1. The summed E-state index contributed by atoms with van der Waals surface area (Å²) in [5.74, 6) is 0.898. The summed E-state index contributed by atoms with van der Waals surface area (Å²) in [6, 6.07) is 16.6. The van der Waals surface area contributed by atoms with Gasteiger partial charge < -0.3 is 9.64 Å². The van der Waals surface area contributed by atoms with Crippen molar-refractivity contribution in [2.75, 3.05) is 38.2 Å². The molecule has 0 saturated carbocycles. The van der Waals surface area contributed by atoms with Gasteiger partial charge in [-0.3, -0.25) is 9.69 Å². The number of hydrogen-bond donors (Lipinski definition) is 0. The van der Waals surface area contributed by atoms with Gasteiger partial charge in [0.25, 0.3) is 0 Å². The smallest absolute Gasteiger partial charge is 0.150 e. The zero-order chi connectivity index (χ0) is 16.9. The van der Waals surface area contributed by atoms with Crippen molar-refractivity contribution in [3.8, 4) is 5.75 Å². The van der Waals surface area contributed by atoms with Crippen molar-refractivity contribution in [3.05, 3.63) is 59.7 Å². The Balaban J connectivity index is 1.59. The second-order valence-electron chi connectivity index (χ2n) is 6.18. The van der Waals surface area contributed by atoms with E-state index in [-0.39, 0.29) is 0 Å². The quantitative estimate of drug-likeness (QED) is 0.789. The maximum atomic E-state index is 10.8. The molecule has 3 rings (SSSR count). The maximum absolute atomic E-state index is 10.8. The molecule has 24 heavy (non-hydrogen) atoms. The van der Waals surface area contributed by atoms with E-state index < -0.39 is 0 Å². The van der Waals surface area contributed by atoms with E-state index in [0.29, 0.717) is 6.04 Å². The number of nitrogens with zero attached hydrogens (tertiary/aromatic N) is 2. The van der Waals surface area contributed by atoms with Crippen molar-refractivity contribution >= 4 is 12.0 Å². The molecule has 1 aliphatic rings. The molecule has 0 amide bonds. The van der Waals surface area contributed by atoms with E-state index in [0.717, 1.165) is 43.8 Å². The largest absolute Gasteiger partial charge is 0.497 e. The van der Waals surface area contributed by atoms with Crippen LogP contribution in [-0.4, -0.2) is 44.5 Å². The lowest BCUT2D eigenvalue weighted by Gasteiger charge is -2.39. The predicted molar refractivity (Wildman–Crippen MR) is 97.0 cm³/mol. The Hall–Kier alpha value is -2.33. The normalized spacial score (nSPS) is 16.7. The molecule has 0 aliphatic carbocycles. The van der Waals surface area contributed by atoms with Crippen molar-refractivity contribution in [1.29, 1.82) is 0 Å². The average molecular weight is 324 g/mol. The number of carbonyl (C=O) groups is 1. The Morgan fingerprint density at radius 2 is 1.58 bits per heavy atom. The molecule has 0 aromatic heterocycles. The lowest BCUT2D eigenvalue weighted by molar-refractivity contribution is 0.112. The monoisotopic (exact) mass is 324 g/mol. The summed E-state index contributed by atoms with van der Waals surface area (Å²) in [5, 5.41) is 0. The SMILES string of the molecule is COc1ccc([C@@H](C)N2CCN(c3ccc(C=O)cc3)CC2)cc1. The topological polar surface area (TPSA) is 32.8 Å². The van der Waals surface area contributed by atoms with Crippen molar-refractivity contribution in [2.45, 2.75) is 13.0 Å². The van der Waals surface area contributed by atoms with E-state index >= 15 is 0 Å². The first kappa shape index (κ1) is 16.5. The van der Waals surface area contributed by atoms with Crippen molar-refractivity contribution in [3.63, 3.8) is 0 Å². The number of carbonyl (C=O) groups excluding carboxylic acids is 1. The third-order valence-electron chi connectivity index (χ3n) is 4.85. The van der Waals surface area contributed by atoms with Crippen LogP contribution in [0.3, 0.4) is 0 Å². The molecular weight excluding hydrogens is 300 g/mol. The van der Waals surface area contributed by atoms with Gasteiger partial charge in [0.05, 0.1) is 7.11 Å². The van der Waals surface area contributed by atoms with Crippen LogP contribution in [0.15, 0.2) is 48.5 Å². The highest BCUT2D eigenvalue weighted by Gasteiger charge is 2.22. The summed E-state index contributed by atoms with van der Waals surface area (Å²) < 4.78 is 5.23. The Morgan fingerprint density at radius 3 is 2.12 bits per heavy atom. The number of piperazine rings is 1. The van der Waals surface area contributed by atoms with Gasteiger partial charge in [-0.25, -0.2) is 0 Å². The Bertz CT molecular complexity index is 659. The lowest BCUT2D eigenvalue weighted by atomic mass is 10.1. The third-order valence-corrected chi connectivity index (χ3v) is 4.85. The molecule has 4 nitrogen and oxygen atoms in total. The predicted octanol–water partition coefficient (Wildman–Crippen LogP) is 3.39. The summed E-state index contributed by atoms with van der Waals surface area (Å²) in [4.78, 5) is 15.7. The zero-order valence-corrected chi connectivity index (χ0v) is 14.3. The molecule has 0 spiro atoms. The first-order valence-corrected chi connectivity index (χ1v) is 8.39. The summed E-state index contributed by atoms with van der Waals surface area (Å²) in [6.07, 6.45) is 0.887. The Morgan fingerprint density at radius 1 is 0.958 bits per heavy atom. The molecule has 0 bridgehead atoms. The second kappa shape index (κ2) is 7.49. The zero-order valence-electron chi connectivity index (χ0n) is 14.3. The molecule has 1 saturated heterocycles. The first-order valence-electron chi connectivity index (χ1n) is 8.39. The van der Waals surface area contributed by atoms with Gasteiger partial charge in [-0.1, -0.05) is 12.1 Å². The highest BCUT2D eigenvalue weighted by Crippen LogP contribution is 2.25. The van der Waals surface area contributed by atoms with Gasteiger partial charge in [-0.15, -0.1) is 0 Å². The number of hydrogen-bond acceptors (Lipinski definition) is 4. The van der Waals surface area contributed by atoms with Crippen LogP contribution >= 0.6 is 0 Å². The molecule has 1 fully saturated rings. The van der Waals surface area contributed by atoms with E-state index in [4.69, 9.17) is 4.74 Å². The van der Waals surface area contributed by atoms with Crippen LogP contribution in [0.4, 0.5) is 5.69 Å². The molecule has 1 aliphatic heterocycles. The minimum absolute atomic E-state index is 0.399. The Labute approximate surface area is 143 Å². The van der Waals surface area contributed by atoms with E-state index in [2.05, 4.69) is 28.9 Å². The highest BCUT2D eigenvalue weighted by molar-refractivity contribution is 5.75. The van der Waals surface area contributed by atoms with Crippen LogP contribution in [0.5, 0.6) is 5.75 Å². The van der Waals surface area contributed by atoms with E-state index in [9.17, 15) is 4.79 Å². The van der Waals surface area contributed by atoms with Crippen molar-refractivity contribution in [1.82, 2.24) is 4.90 Å². The molecule has 2 aromatic carbocycles. The Kier molecular flexibility index (Phi) is 5.16. The lowest BCUT2D eigenvalue weighted by Crippen LogP contribution is -2.47. The van der Waals surface area contributed by atoms with Crippen LogP contribution in [0.1, 0.15) is 28.9 Å². The molecule has 1 atom stereocenters. The van der Waals surface area contributed by atoms with E-state index in [1.165, 1.54) is 11.3 Å². The van der Waals surface area contributed by atoms with Gasteiger partial charge in [-0.05, 0) is 48.9 Å². The molecule has 0 N–H and O–H groups in total. The van der Waals surface area contributed by atoms with Crippen molar-refractivity contribution in [2.24, 2.45) is 0 Å². The molecule has 0 unspecified atom stereocenters. The van der Waals surface area contributed by atoms with Gasteiger partial charge >= 0.3 is 0 Å². The summed E-state index contributed by atoms with van der Waals surface area (Å²) in [7, 11) is 1.69. The van der Waals surface area contributed by atoms with Gasteiger partial charge in [0.2, 0.25) is 0 Å². The number of rotatable bonds is 5. The number of benzene rings is 2. The van der Waals surface area contributed by atoms with E-state index in [1.807, 2.05) is 36.4 Å². The fraction of sp³-hybridized carbons (Fsp3) is 0.350. The molecule has 2 aromatic rings. The number of aldehydes is 1. The number of anilines is 1. The van der Waals surface area contributed by atoms with Crippen LogP contribution in [0.25, 0.3) is 0 Å². The minimum atomic E-state index is 0.399. The molecule has 4 heteroatoms. The summed E-state index contributed by atoms with van der Waals surface area (Å²) in [5.41, 5.74) is 3.24. The van der Waals surface area contributed by atoms with Gasteiger partial charge in [-0.2, -0.15) is 0 Å². The number of ether oxygens (including phenoxy) is 1. The maximum Gasteiger partial charge on any atom is 0.150 e. The van der Waals surface area contributed by atoms with E-state index in [1.54, 1.807) is 7.11 Å². The molecular formula is C20H24N2O2. The van der Waals surface area contributed by atoms with Crippen LogP contribution in [-0.2, 0) is 0 Å². The van der Waals surface area contributed by atoms with Crippen LogP contribution in [0, 0.1) is 0 Å². The third kappa shape index (κ3) is 3.60. The molecule has 126 valence electrons. The second-order valence-corrected chi connectivity index (χ2v) is 6.18. The summed E-state index contributed by atoms with van der Waals surface area (Å²) >= 11 is 0. The fourth-order valence-electron chi connectivity index (χ4n) is 3.22.